The van der Waals surface area contributed by atoms with Crippen LogP contribution < -0.4 is 14.9 Å². The van der Waals surface area contributed by atoms with Gasteiger partial charge in [0.1, 0.15) is 0 Å². The molecular formula is C25H23IrN5-4. The molecule has 1 aromatic heterocycles. The predicted molar refractivity (Wildman–Crippen MR) is 121 cm³/mol. The van der Waals surface area contributed by atoms with Gasteiger partial charge in [-0.05, 0) is 24.8 Å². The van der Waals surface area contributed by atoms with E-state index in [1.807, 2.05) is 30.3 Å². The van der Waals surface area contributed by atoms with E-state index in [4.69, 9.17) is 0 Å². The molecule has 5 nitrogen and oxygen atoms in total. The van der Waals surface area contributed by atoms with Crippen LogP contribution in [0.4, 0.5) is 11.4 Å². The SMILES string of the molecule is [CH2-]c1ccccc1CN1c2ccccc2N(C)C1[CH2-].[Ir].[c-]1ccccc1-c1ncn[n-]1. The summed E-state index contributed by atoms with van der Waals surface area (Å²) in [5.74, 6) is 0.630. The fourth-order valence-electron chi connectivity index (χ4n) is 3.46. The second-order valence-electron chi connectivity index (χ2n) is 7.04. The molecule has 161 valence electrons. The van der Waals surface area contributed by atoms with Gasteiger partial charge in [-0.1, -0.05) is 18.2 Å². The number of rotatable bonds is 3. The zero-order valence-corrected chi connectivity index (χ0v) is 19.7. The van der Waals surface area contributed by atoms with Gasteiger partial charge in [-0.25, -0.2) is 0 Å². The van der Waals surface area contributed by atoms with Gasteiger partial charge in [-0.15, -0.1) is 53.9 Å². The van der Waals surface area contributed by atoms with E-state index in [-0.39, 0.29) is 26.3 Å². The van der Waals surface area contributed by atoms with Gasteiger partial charge in [0.2, 0.25) is 0 Å². The average Bonchev–Trinajstić information content (AvgIpc) is 3.41. The molecule has 0 N–H and O–H groups in total. The van der Waals surface area contributed by atoms with Crippen molar-refractivity contribution in [1.29, 1.82) is 0 Å². The van der Waals surface area contributed by atoms with Gasteiger partial charge >= 0.3 is 0 Å². The van der Waals surface area contributed by atoms with Gasteiger partial charge in [0.05, 0.1) is 11.4 Å². The van der Waals surface area contributed by atoms with Crippen LogP contribution in [-0.4, -0.2) is 23.3 Å². The van der Waals surface area contributed by atoms with Gasteiger partial charge in [0, 0.05) is 33.5 Å². The molecule has 1 unspecified atom stereocenters. The van der Waals surface area contributed by atoms with Crippen LogP contribution in [0.5, 0.6) is 0 Å². The van der Waals surface area contributed by atoms with Crippen molar-refractivity contribution in [3.8, 4) is 11.4 Å². The number of hydrogen-bond acceptors (Lipinski definition) is 4. The van der Waals surface area contributed by atoms with E-state index in [1.54, 1.807) is 0 Å². The van der Waals surface area contributed by atoms with Crippen LogP contribution in [0.3, 0.4) is 0 Å². The molecule has 1 aliphatic heterocycles. The molecule has 1 radical (unpaired) electrons. The molecular weight excluding hydrogens is 563 g/mol. The van der Waals surface area contributed by atoms with Crippen LogP contribution >= 0.6 is 0 Å². The molecule has 0 amide bonds. The Balaban J connectivity index is 0.000000194. The topological polar surface area (TPSA) is 46.4 Å². The third-order valence-electron chi connectivity index (χ3n) is 5.17. The summed E-state index contributed by atoms with van der Waals surface area (Å²) in [5, 5.41) is 7.41. The minimum Gasteiger partial charge on any atom is -0.473 e. The van der Waals surface area contributed by atoms with E-state index in [9.17, 15) is 0 Å². The molecule has 2 heterocycles. The van der Waals surface area contributed by atoms with E-state index in [1.165, 1.54) is 23.3 Å². The van der Waals surface area contributed by atoms with Gasteiger partial charge in [-0.3, -0.25) is 5.10 Å². The van der Waals surface area contributed by atoms with Crippen LogP contribution in [0.2, 0.25) is 0 Å². The number of nitrogens with zero attached hydrogens (tertiary/aromatic N) is 5. The van der Waals surface area contributed by atoms with Crippen LogP contribution in [-0.2, 0) is 26.7 Å². The van der Waals surface area contributed by atoms with Crippen molar-refractivity contribution in [3.63, 3.8) is 0 Å². The molecule has 0 saturated carbocycles. The Bertz CT molecular complexity index is 1080. The summed E-state index contributed by atoms with van der Waals surface area (Å²) < 4.78 is 0. The second-order valence-corrected chi connectivity index (χ2v) is 7.04. The molecule has 1 atom stereocenters. The summed E-state index contributed by atoms with van der Waals surface area (Å²) in [7, 11) is 2.09. The molecule has 31 heavy (non-hydrogen) atoms. The summed E-state index contributed by atoms with van der Waals surface area (Å²) in [6, 6.07) is 27.3. The first-order valence-electron chi connectivity index (χ1n) is 9.74. The van der Waals surface area contributed by atoms with Crippen molar-refractivity contribution in [2.24, 2.45) is 0 Å². The molecule has 0 spiro atoms. The molecule has 6 heteroatoms. The first-order chi connectivity index (χ1) is 14.6. The van der Waals surface area contributed by atoms with Crippen LogP contribution in [0.1, 0.15) is 11.1 Å². The summed E-state index contributed by atoms with van der Waals surface area (Å²) in [6.07, 6.45) is 1.55. The molecule has 4 aromatic rings. The van der Waals surface area contributed by atoms with Crippen molar-refractivity contribution in [2.45, 2.75) is 12.7 Å². The van der Waals surface area contributed by atoms with Crippen molar-refractivity contribution in [1.82, 2.24) is 15.2 Å². The normalized spacial score (nSPS) is 14.3. The number of fused-ring (bicyclic) bond motifs is 1. The molecule has 0 bridgehead atoms. The Morgan fingerprint density at radius 2 is 1.71 bits per heavy atom. The zero-order chi connectivity index (χ0) is 20.9. The molecule has 5 rings (SSSR count). The number of anilines is 2. The first-order valence-corrected chi connectivity index (χ1v) is 9.74. The van der Waals surface area contributed by atoms with E-state index in [0.717, 1.165) is 17.7 Å². The Labute approximate surface area is 197 Å². The van der Waals surface area contributed by atoms with Gasteiger partial charge < -0.3 is 26.8 Å². The molecule has 3 aromatic carbocycles. The Kier molecular flexibility index (Phi) is 7.50. The minimum absolute atomic E-state index is 0. The second kappa shape index (κ2) is 10.3. The van der Waals surface area contributed by atoms with Crippen LogP contribution in [0.25, 0.3) is 11.4 Å². The maximum atomic E-state index is 4.27. The van der Waals surface area contributed by atoms with Crippen LogP contribution in [0, 0.1) is 19.9 Å². The van der Waals surface area contributed by atoms with Gasteiger partial charge in [-0.2, -0.15) is 24.1 Å². The zero-order valence-electron chi connectivity index (χ0n) is 17.3. The molecule has 0 fully saturated rings. The molecule has 0 aliphatic carbocycles. The Morgan fingerprint density at radius 1 is 1.00 bits per heavy atom. The Hall–Kier alpha value is -3.08. The smallest absolute Gasteiger partial charge is 0.0594 e. The number of hydrogen-bond donors (Lipinski definition) is 0. The first kappa shape index (κ1) is 22.6. The maximum Gasteiger partial charge on any atom is 0.0594 e. The van der Waals surface area contributed by atoms with Crippen molar-refractivity contribution in [3.05, 3.63) is 110 Å². The quantitative estimate of drug-likeness (QED) is 0.334. The van der Waals surface area contributed by atoms with Crippen LogP contribution in [0.15, 0.2) is 79.1 Å². The third kappa shape index (κ3) is 4.98. The summed E-state index contributed by atoms with van der Waals surface area (Å²) in [6.45, 7) is 9.22. The van der Waals surface area contributed by atoms with Gasteiger partial charge in [0.15, 0.2) is 0 Å². The number of aromatic nitrogens is 3. The minimum atomic E-state index is 0. The standard InChI is InChI=1S/C17H18N2.C8H5N3.Ir/c1-13-8-4-5-9-15(13)12-19-14(2)18(3)16-10-6-7-11-17(16)19;1-2-4-7(5-3-1)8-9-6-10-11-8;/h4-11,14H,1-2,12H2,3H3;1-4,6H;/q2*-2;. The Morgan fingerprint density at radius 3 is 2.39 bits per heavy atom. The summed E-state index contributed by atoms with van der Waals surface area (Å²) in [5.41, 5.74) is 5.70. The van der Waals surface area contributed by atoms with Crippen molar-refractivity contribution >= 4 is 11.4 Å². The monoisotopic (exact) mass is 586 g/mol. The average molecular weight is 586 g/mol. The molecule has 0 saturated heterocycles. The fourth-order valence-corrected chi connectivity index (χ4v) is 3.46. The number of para-hydroxylation sites is 2. The predicted octanol–water partition coefficient (Wildman–Crippen LogP) is 4.38. The summed E-state index contributed by atoms with van der Waals surface area (Å²) >= 11 is 0. The number of benzene rings is 3. The van der Waals surface area contributed by atoms with E-state index in [0.29, 0.717) is 5.82 Å². The van der Waals surface area contributed by atoms with Crippen molar-refractivity contribution in [2.75, 3.05) is 16.8 Å². The fraction of sp³-hybridized carbons (Fsp3) is 0.120. The van der Waals surface area contributed by atoms with Gasteiger partial charge in [0.25, 0.3) is 0 Å². The van der Waals surface area contributed by atoms with Crippen molar-refractivity contribution < 1.29 is 20.1 Å². The third-order valence-corrected chi connectivity index (χ3v) is 5.17. The molecule has 1 aliphatic rings. The van der Waals surface area contributed by atoms with E-state index < -0.39 is 0 Å². The van der Waals surface area contributed by atoms with E-state index in [2.05, 4.69) is 94.4 Å². The maximum absolute atomic E-state index is 4.27. The largest absolute Gasteiger partial charge is 0.473 e. The summed E-state index contributed by atoms with van der Waals surface area (Å²) in [4.78, 5) is 8.46. The van der Waals surface area contributed by atoms with E-state index >= 15 is 0 Å².